The maximum Gasteiger partial charge on any atom is 0.00254 e. The van der Waals surface area contributed by atoms with E-state index < -0.39 is 0 Å². The molecular weight excluding hydrogens is 395 g/mol. The summed E-state index contributed by atoms with van der Waals surface area (Å²) in [4.78, 5) is 1.20. The third-order valence-corrected chi connectivity index (χ3v) is 3.15. The summed E-state index contributed by atoms with van der Waals surface area (Å²) in [5.74, 6) is 0. The first-order valence-electron chi connectivity index (χ1n) is 3.95. The van der Waals surface area contributed by atoms with Crippen molar-refractivity contribution in [2.24, 2.45) is 0 Å². The smallest absolute Gasteiger partial charge is 0.00254 e. The van der Waals surface area contributed by atoms with Gasteiger partial charge in [-0.2, -0.15) is 6.07 Å². The average molecular weight is 410 g/mol. The van der Waals surface area contributed by atoms with Gasteiger partial charge in [0.2, 0.25) is 0 Å². The summed E-state index contributed by atoms with van der Waals surface area (Å²) in [7, 11) is 1.88. The predicted molar refractivity (Wildman–Crippen MR) is 55.8 cm³/mol. The molecule has 0 bridgehead atoms. The largest absolute Gasteiger partial charge is 0.430 e. The molecule has 0 amide bonds. The van der Waals surface area contributed by atoms with Crippen LogP contribution in [0.1, 0.15) is 25.6 Å². The zero-order valence-electron chi connectivity index (χ0n) is 8.56. The summed E-state index contributed by atoms with van der Waals surface area (Å²) >= 11 is 1.67. The molecule has 71 valence electrons. The van der Waals surface area contributed by atoms with Gasteiger partial charge in [0.1, 0.15) is 0 Å². The SMILES string of the molecule is CNc1[c-]c(N)c(C(C)(C)C)s1.[Ac]. The van der Waals surface area contributed by atoms with Crippen LogP contribution < -0.4 is 11.1 Å². The summed E-state index contributed by atoms with van der Waals surface area (Å²) in [6.07, 6.45) is 0. The van der Waals surface area contributed by atoms with E-state index in [1.54, 1.807) is 11.3 Å². The second kappa shape index (κ2) is 5.00. The van der Waals surface area contributed by atoms with Crippen LogP contribution in [0.4, 0.5) is 10.7 Å². The molecule has 1 radical (unpaired) electrons. The van der Waals surface area contributed by atoms with Crippen molar-refractivity contribution in [3.63, 3.8) is 0 Å². The van der Waals surface area contributed by atoms with Gasteiger partial charge >= 0.3 is 0 Å². The molecule has 0 aliphatic carbocycles. The van der Waals surface area contributed by atoms with Crippen LogP contribution in [0.15, 0.2) is 0 Å². The van der Waals surface area contributed by atoms with Gasteiger partial charge in [0.05, 0.1) is 0 Å². The van der Waals surface area contributed by atoms with Crippen molar-refractivity contribution < 1.29 is 44.1 Å². The summed E-state index contributed by atoms with van der Waals surface area (Å²) in [6, 6.07) is 3.09. The molecule has 0 aromatic carbocycles. The van der Waals surface area contributed by atoms with Crippen molar-refractivity contribution in [2.75, 3.05) is 18.1 Å². The van der Waals surface area contributed by atoms with Gasteiger partial charge in [-0.15, -0.1) is 10.6 Å². The Hall–Kier alpha value is 0.742. The Labute approximate surface area is 120 Å². The first-order valence-corrected chi connectivity index (χ1v) is 4.76. The van der Waals surface area contributed by atoms with Gasteiger partial charge in [0.25, 0.3) is 0 Å². The van der Waals surface area contributed by atoms with E-state index in [0.717, 1.165) is 10.7 Å². The van der Waals surface area contributed by atoms with Crippen molar-refractivity contribution >= 4 is 22.0 Å². The number of thiophene rings is 1. The molecule has 1 heterocycles. The molecule has 0 unspecified atom stereocenters. The molecule has 3 N–H and O–H groups in total. The number of anilines is 2. The molecule has 1 aromatic rings. The molecule has 1 aromatic heterocycles. The number of hydrogen-bond donors (Lipinski definition) is 2. The number of nitrogens with two attached hydrogens (primary N) is 1. The van der Waals surface area contributed by atoms with Crippen LogP contribution in [0, 0.1) is 50.1 Å². The average Bonchev–Trinajstić information content (AvgIpc) is 2.29. The van der Waals surface area contributed by atoms with Crippen LogP contribution in [-0.2, 0) is 5.41 Å². The van der Waals surface area contributed by atoms with E-state index in [2.05, 4.69) is 32.2 Å². The van der Waals surface area contributed by atoms with E-state index in [9.17, 15) is 0 Å². The van der Waals surface area contributed by atoms with Gasteiger partial charge in [0, 0.05) is 51.1 Å². The Morgan fingerprint density at radius 2 is 1.92 bits per heavy atom. The van der Waals surface area contributed by atoms with Crippen molar-refractivity contribution in [1.82, 2.24) is 0 Å². The Kier molecular flexibility index (Phi) is 5.29. The van der Waals surface area contributed by atoms with E-state index in [1.165, 1.54) is 4.88 Å². The number of nitrogen functional groups attached to an aromatic ring is 1. The molecule has 13 heavy (non-hydrogen) atoms. The molecule has 0 saturated carbocycles. The topological polar surface area (TPSA) is 38.0 Å². The third kappa shape index (κ3) is 3.42. The van der Waals surface area contributed by atoms with Crippen LogP contribution in [0.3, 0.4) is 0 Å². The molecule has 0 spiro atoms. The van der Waals surface area contributed by atoms with Gasteiger partial charge in [-0.1, -0.05) is 26.2 Å². The van der Waals surface area contributed by atoms with Crippen LogP contribution in [0.5, 0.6) is 0 Å². The Balaban J connectivity index is 0.00000144. The number of nitrogens with one attached hydrogen (secondary N) is 1. The second-order valence-electron chi connectivity index (χ2n) is 3.80. The summed E-state index contributed by atoms with van der Waals surface area (Å²) in [5.41, 5.74) is 6.72. The summed E-state index contributed by atoms with van der Waals surface area (Å²) < 4.78 is 0. The van der Waals surface area contributed by atoms with Gasteiger partial charge in [-0.3, -0.25) is 0 Å². The predicted octanol–water partition coefficient (Wildman–Crippen LogP) is 2.47. The fraction of sp³-hybridized carbons (Fsp3) is 0.556. The zero-order chi connectivity index (χ0) is 9.35. The van der Waals surface area contributed by atoms with E-state index in [1.807, 2.05) is 7.05 Å². The van der Waals surface area contributed by atoms with Crippen LogP contribution in [0.2, 0.25) is 0 Å². The van der Waals surface area contributed by atoms with Crippen molar-refractivity contribution in [3.8, 4) is 0 Å². The standard InChI is InChI=1S/C9H15N2S.Ac/c1-9(2,3)8-6(10)5-7(11-4)12-8;/h11H,10H2,1-4H3;/q-1;. The summed E-state index contributed by atoms with van der Waals surface area (Å²) in [6.45, 7) is 6.47. The molecular formula is C9H15AcN2S-. The van der Waals surface area contributed by atoms with Crippen molar-refractivity contribution in [1.29, 1.82) is 0 Å². The molecule has 1 rings (SSSR count). The quantitative estimate of drug-likeness (QED) is 0.699. The molecule has 0 aliphatic rings. The van der Waals surface area contributed by atoms with Gasteiger partial charge < -0.3 is 11.1 Å². The number of hydrogen-bond acceptors (Lipinski definition) is 3. The van der Waals surface area contributed by atoms with Crippen LogP contribution in [-0.4, -0.2) is 7.05 Å². The first kappa shape index (κ1) is 13.7. The minimum absolute atomic E-state index is 0. The first-order chi connectivity index (χ1) is 5.45. The van der Waals surface area contributed by atoms with E-state index in [4.69, 9.17) is 5.73 Å². The van der Waals surface area contributed by atoms with Gasteiger partial charge in [-0.05, 0) is 5.00 Å². The minimum atomic E-state index is 0. The fourth-order valence-corrected chi connectivity index (χ4v) is 1.97. The van der Waals surface area contributed by atoms with Gasteiger partial charge in [-0.25, -0.2) is 11.3 Å². The third-order valence-electron chi connectivity index (χ3n) is 1.61. The summed E-state index contributed by atoms with van der Waals surface area (Å²) in [5, 5.41) is 4.05. The van der Waals surface area contributed by atoms with E-state index in [0.29, 0.717) is 0 Å². The molecule has 0 fully saturated rings. The molecule has 0 atom stereocenters. The van der Waals surface area contributed by atoms with Crippen LogP contribution >= 0.6 is 11.3 Å². The fourth-order valence-electron chi connectivity index (χ4n) is 1.03. The molecule has 0 aliphatic heterocycles. The maximum atomic E-state index is 5.82. The minimum Gasteiger partial charge on any atom is -0.430 e. The van der Waals surface area contributed by atoms with Crippen LogP contribution in [0.25, 0.3) is 0 Å². The number of rotatable bonds is 1. The van der Waals surface area contributed by atoms with E-state index in [-0.39, 0.29) is 49.5 Å². The monoisotopic (exact) mass is 410 g/mol. The van der Waals surface area contributed by atoms with Crippen molar-refractivity contribution in [2.45, 2.75) is 26.2 Å². The zero-order valence-corrected chi connectivity index (χ0v) is 14.1. The van der Waals surface area contributed by atoms with E-state index >= 15 is 0 Å². The Morgan fingerprint density at radius 1 is 1.38 bits per heavy atom. The Bertz CT molecular complexity index is 276. The molecule has 0 saturated heterocycles. The Morgan fingerprint density at radius 3 is 2.15 bits per heavy atom. The maximum absolute atomic E-state index is 5.82. The molecule has 4 heteroatoms. The van der Waals surface area contributed by atoms with Crippen molar-refractivity contribution in [3.05, 3.63) is 10.9 Å². The van der Waals surface area contributed by atoms with Gasteiger partial charge in [0.15, 0.2) is 0 Å². The normalized spacial score (nSPS) is 10.8. The molecule has 2 nitrogen and oxygen atoms in total. The second-order valence-corrected chi connectivity index (χ2v) is 4.82.